The van der Waals surface area contributed by atoms with Crippen LogP contribution in [0.4, 0.5) is 4.39 Å². The van der Waals surface area contributed by atoms with E-state index in [1.807, 2.05) is 18.2 Å². The maximum absolute atomic E-state index is 13.5. The summed E-state index contributed by atoms with van der Waals surface area (Å²) in [5, 5.41) is 0. The predicted molar refractivity (Wildman–Crippen MR) is 89.5 cm³/mol. The topological polar surface area (TPSA) is 12.5 Å². The summed E-state index contributed by atoms with van der Waals surface area (Å²) in [5.74, 6) is 0.734. The molecule has 0 saturated carbocycles. The fraction of sp³-hybridized carbons (Fsp3) is 0.333. The minimum atomic E-state index is -0.163. The first-order valence-electron chi connectivity index (χ1n) is 7.49. The van der Waals surface area contributed by atoms with Gasteiger partial charge in [0.05, 0.1) is 7.11 Å². The minimum Gasteiger partial charge on any atom is -0.496 e. The molecule has 0 unspecified atom stereocenters. The van der Waals surface area contributed by atoms with Crippen LogP contribution in [0, 0.1) is 5.82 Å². The number of hydrogen-bond acceptors (Lipinski definition) is 2. The van der Waals surface area contributed by atoms with E-state index < -0.39 is 0 Å². The molecule has 0 aromatic heterocycles. The van der Waals surface area contributed by atoms with Crippen molar-refractivity contribution in [3.63, 3.8) is 0 Å². The highest BCUT2D eigenvalue weighted by molar-refractivity contribution is 9.10. The van der Waals surface area contributed by atoms with Crippen LogP contribution < -0.4 is 4.74 Å². The van der Waals surface area contributed by atoms with E-state index in [1.54, 1.807) is 19.2 Å². The summed E-state index contributed by atoms with van der Waals surface area (Å²) in [7, 11) is 1.70. The Labute approximate surface area is 139 Å². The van der Waals surface area contributed by atoms with Gasteiger partial charge in [-0.25, -0.2) is 4.39 Å². The van der Waals surface area contributed by atoms with Crippen molar-refractivity contribution in [2.75, 3.05) is 13.7 Å². The highest BCUT2D eigenvalue weighted by Gasteiger charge is 2.27. The lowest BCUT2D eigenvalue weighted by atomic mass is 10.0. The predicted octanol–water partition coefficient (Wildman–Crippen LogP) is 4.93. The molecule has 0 aliphatic carbocycles. The van der Waals surface area contributed by atoms with Crippen molar-refractivity contribution in [2.24, 2.45) is 0 Å². The molecular formula is C18H19BrFNO. The number of methoxy groups -OCH3 is 1. The number of ether oxygens (including phenoxy) is 1. The van der Waals surface area contributed by atoms with Crippen LogP contribution in [0.15, 0.2) is 46.9 Å². The van der Waals surface area contributed by atoms with Gasteiger partial charge < -0.3 is 4.74 Å². The average molecular weight is 364 g/mol. The lowest BCUT2D eigenvalue weighted by molar-refractivity contribution is 0.244. The van der Waals surface area contributed by atoms with E-state index in [-0.39, 0.29) is 11.9 Å². The smallest absolute Gasteiger partial charge is 0.123 e. The Morgan fingerprint density at radius 1 is 1.27 bits per heavy atom. The molecule has 22 heavy (non-hydrogen) atoms. The number of benzene rings is 2. The highest BCUT2D eigenvalue weighted by atomic mass is 79.9. The van der Waals surface area contributed by atoms with E-state index in [0.717, 1.165) is 47.3 Å². The first-order chi connectivity index (χ1) is 10.7. The quantitative estimate of drug-likeness (QED) is 0.763. The lowest BCUT2D eigenvalue weighted by Crippen LogP contribution is -2.23. The van der Waals surface area contributed by atoms with Gasteiger partial charge >= 0.3 is 0 Å². The first-order valence-corrected chi connectivity index (χ1v) is 8.28. The van der Waals surface area contributed by atoms with E-state index in [1.165, 1.54) is 6.07 Å². The van der Waals surface area contributed by atoms with E-state index in [9.17, 15) is 4.39 Å². The van der Waals surface area contributed by atoms with Crippen LogP contribution in [0.3, 0.4) is 0 Å². The van der Waals surface area contributed by atoms with Gasteiger partial charge in [-0.05, 0) is 55.3 Å². The summed E-state index contributed by atoms with van der Waals surface area (Å²) in [6, 6.07) is 13.3. The summed E-state index contributed by atoms with van der Waals surface area (Å²) in [6.45, 7) is 1.83. The van der Waals surface area contributed by atoms with Crippen LogP contribution in [-0.4, -0.2) is 18.6 Å². The third-order valence-electron chi connectivity index (χ3n) is 4.21. The number of hydrogen-bond donors (Lipinski definition) is 0. The molecule has 1 saturated heterocycles. The SMILES string of the molecule is COc1ccc(Br)cc1CN1CCC[C@H]1c1cccc(F)c1. The van der Waals surface area contributed by atoms with Gasteiger partial charge in [0.2, 0.25) is 0 Å². The zero-order valence-electron chi connectivity index (χ0n) is 12.6. The molecular weight excluding hydrogens is 345 g/mol. The summed E-state index contributed by atoms with van der Waals surface area (Å²) in [5.41, 5.74) is 2.21. The molecule has 0 radical (unpaired) electrons. The Morgan fingerprint density at radius 3 is 2.91 bits per heavy atom. The summed E-state index contributed by atoms with van der Waals surface area (Å²) < 4.78 is 20.0. The molecule has 0 amide bonds. The van der Waals surface area contributed by atoms with Gasteiger partial charge in [-0.1, -0.05) is 28.1 Å². The molecule has 0 N–H and O–H groups in total. The Hall–Kier alpha value is -1.39. The molecule has 2 nitrogen and oxygen atoms in total. The van der Waals surface area contributed by atoms with Gasteiger partial charge in [-0.2, -0.15) is 0 Å². The van der Waals surface area contributed by atoms with Crippen LogP contribution in [-0.2, 0) is 6.54 Å². The van der Waals surface area contributed by atoms with Gasteiger partial charge in [0.15, 0.2) is 0 Å². The van der Waals surface area contributed by atoms with Gasteiger partial charge in [-0.15, -0.1) is 0 Å². The Morgan fingerprint density at radius 2 is 2.14 bits per heavy atom. The van der Waals surface area contributed by atoms with Crippen LogP contribution in [0.2, 0.25) is 0 Å². The first kappa shape index (κ1) is 15.5. The molecule has 1 heterocycles. The Balaban J connectivity index is 1.84. The fourth-order valence-corrected chi connectivity index (χ4v) is 3.60. The zero-order chi connectivity index (χ0) is 15.5. The molecule has 1 atom stereocenters. The van der Waals surface area contributed by atoms with E-state index in [2.05, 4.69) is 26.9 Å². The van der Waals surface area contributed by atoms with Gasteiger partial charge in [0, 0.05) is 22.6 Å². The summed E-state index contributed by atoms with van der Waals surface area (Å²) in [4.78, 5) is 2.40. The number of nitrogens with zero attached hydrogens (tertiary/aromatic N) is 1. The van der Waals surface area contributed by atoms with E-state index in [4.69, 9.17) is 4.74 Å². The molecule has 0 spiro atoms. The highest BCUT2D eigenvalue weighted by Crippen LogP contribution is 2.35. The largest absolute Gasteiger partial charge is 0.496 e. The maximum Gasteiger partial charge on any atom is 0.123 e. The second kappa shape index (κ2) is 6.80. The fourth-order valence-electron chi connectivity index (χ4n) is 3.20. The van der Waals surface area contributed by atoms with Gasteiger partial charge in [0.1, 0.15) is 11.6 Å². The third-order valence-corrected chi connectivity index (χ3v) is 4.71. The Kier molecular flexibility index (Phi) is 4.79. The molecule has 116 valence electrons. The molecule has 2 aromatic rings. The van der Waals surface area contributed by atoms with Crippen molar-refractivity contribution in [1.82, 2.24) is 4.90 Å². The normalized spacial score (nSPS) is 18.6. The third kappa shape index (κ3) is 3.33. The average Bonchev–Trinajstić information content (AvgIpc) is 2.96. The maximum atomic E-state index is 13.5. The molecule has 4 heteroatoms. The van der Waals surface area contributed by atoms with Crippen molar-refractivity contribution < 1.29 is 9.13 Å². The number of halogens is 2. The van der Waals surface area contributed by atoms with Crippen LogP contribution >= 0.6 is 15.9 Å². The second-order valence-electron chi connectivity index (χ2n) is 5.64. The molecule has 3 rings (SSSR count). The van der Waals surface area contributed by atoms with Crippen molar-refractivity contribution in [1.29, 1.82) is 0 Å². The van der Waals surface area contributed by atoms with E-state index in [0.29, 0.717) is 0 Å². The molecule has 2 aromatic carbocycles. The van der Waals surface area contributed by atoms with Crippen LogP contribution in [0.1, 0.15) is 30.0 Å². The van der Waals surface area contributed by atoms with Gasteiger partial charge in [0.25, 0.3) is 0 Å². The molecule has 1 fully saturated rings. The Bertz CT molecular complexity index is 661. The van der Waals surface area contributed by atoms with Crippen LogP contribution in [0.5, 0.6) is 5.75 Å². The number of likely N-dealkylation sites (tertiary alicyclic amines) is 1. The summed E-state index contributed by atoms with van der Waals surface area (Å²) in [6.07, 6.45) is 2.21. The lowest BCUT2D eigenvalue weighted by Gasteiger charge is -2.25. The van der Waals surface area contributed by atoms with Crippen molar-refractivity contribution in [2.45, 2.75) is 25.4 Å². The molecule has 1 aliphatic heterocycles. The summed E-state index contributed by atoms with van der Waals surface area (Å²) >= 11 is 3.52. The van der Waals surface area contributed by atoms with Crippen LogP contribution in [0.25, 0.3) is 0 Å². The molecule has 1 aliphatic rings. The van der Waals surface area contributed by atoms with E-state index >= 15 is 0 Å². The van der Waals surface area contributed by atoms with Crippen molar-refractivity contribution in [3.05, 3.63) is 63.9 Å². The zero-order valence-corrected chi connectivity index (χ0v) is 14.1. The number of rotatable bonds is 4. The van der Waals surface area contributed by atoms with Crippen molar-refractivity contribution in [3.8, 4) is 5.75 Å². The second-order valence-corrected chi connectivity index (χ2v) is 6.56. The standard InChI is InChI=1S/C18H19BrFNO/c1-22-18-8-7-15(19)10-14(18)12-21-9-3-6-17(21)13-4-2-5-16(20)11-13/h2,4-5,7-8,10-11,17H,3,6,9,12H2,1H3/t17-/m0/s1. The van der Waals surface area contributed by atoms with Gasteiger partial charge in [-0.3, -0.25) is 4.90 Å². The minimum absolute atomic E-state index is 0.163. The van der Waals surface area contributed by atoms with Crippen molar-refractivity contribution >= 4 is 15.9 Å². The monoisotopic (exact) mass is 363 g/mol. The molecule has 0 bridgehead atoms.